The lowest BCUT2D eigenvalue weighted by Crippen LogP contribution is -2.57. The molecule has 2 N–H and O–H groups in total. The number of ether oxygens (including phenoxy) is 2. The summed E-state index contributed by atoms with van der Waals surface area (Å²) in [5, 5.41) is 6.33. The Kier molecular flexibility index (Phi) is 7.83. The van der Waals surface area contributed by atoms with Crippen LogP contribution in [0.1, 0.15) is 38.7 Å². The van der Waals surface area contributed by atoms with E-state index in [1.165, 1.54) is 0 Å². The zero-order valence-electron chi connectivity index (χ0n) is 24.5. The molecule has 2 bridgehead atoms. The average molecular weight is 590 g/mol. The molecule has 0 radical (unpaired) electrons. The van der Waals surface area contributed by atoms with Crippen molar-refractivity contribution in [3.8, 4) is 5.75 Å². The maximum Gasteiger partial charge on any atom is 0.246 e. The molecule has 1 saturated carbocycles. The lowest BCUT2D eigenvalue weighted by Gasteiger charge is -2.38. The molecule has 6 rings (SSSR count). The highest BCUT2D eigenvalue weighted by Crippen LogP contribution is 2.55. The topological polar surface area (TPSA) is 97.0 Å². The van der Waals surface area contributed by atoms with Gasteiger partial charge in [-0.25, -0.2) is 0 Å². The first kappa shape index (κ1) is 28.8. The summed E-state index contributed by atoms with van der Waals surface area (Å²) in [7, 11) is 1.60. The van der Waals surface area contributed by atoms with Crippen LogP contribution in [0.4, 0.5) is 5.69 Å². The molecule has 42 heavy (non-hydrogen) atoms. The third kappa shape index (κ3) is 4.90. The number of thioether (sulfide) groups is 1. The number of benzene rings is 2. The Morgan fingerprint density at radius 2 is 1.93 bits per heavy atom. The third-order valence-electron chi connectivity index (χ3n) is 9.78. The smallest absolute Gasteiger partial charge is 0.246 e. The molecule has 0 unspecified atom stereocenters. The molecular formula is C33H39N3O5S. The predicted octanol–water partition coefficient (Wildman–Crippen LogP) is 4.65. The molecule has 8 atom stereocenters. The SMILES string of the molecule is COc1cccc(CN2C(=O)[C@@H]3[C@H](C(=O)Nc4cccc(SC)c4)[C@@H]4C=C[C@@]3(O4)[C@@H]2C(=O)N[C@@H]2CCC[C@@H](C)[C@@H]2C)c1. The largest absolute Gasteiger partial charge is 0.497 e. The van der Waals surface area contributed by atoms with E-state index in [4.69, 9.17) is 9.47 Å². The van der Waals surface area contributed by atoms with E-state index in [1.54, 1.807) is 23.8 Å². The maximum atomic E-state index is 14.3. The predicted molar refractivity (Wildman–Crippen MR) is 162 cm³/mol. The van der Waals surface area contributed by atoms with Gasteiger partial charge in [0, 0.05) is 23.2 Å². The van der Waals surface area contributed by atoms with Crippen molar-refractivity contribution >= 4 is 35.2 Å². The van der Waals surface area contributed by atoms with Crippen LogP contribution in [0.15, 0.2) is 65.6 Å². The molecule has 1 spiro atoms. The summed E-state index contributed by atoms with van der Waals surface area (Å²) in [5.41, 5.74) is 0.295. The number of likely N-dealkylation sites (tertiary alicyclic amines) is 1. The number of anilines is 1. The summed E-state index contributed by atoms with van der Waals surface area (Å²) in [6.07, 6.45) is 8.23. The van der Waals surface area contributed by atoms with E-state index in [9.17, 15) is 14.4 Å². The van der Waals surface area contributed by atoms with Gasteiger partial charge in [0.05, 0.1) is 25.0 Å². The van der Waals surface area contributed by atoms with Gasteiger partial charge in [-0.3, -0.25) is 14.4 Å². The summed E-state index contributed by atoms with van der Waals surface area (Å²) in [5.74, 6) is -0.798. The highest BCUT2D eigenvalue weighted by molar-refractivity contribution is 7.98. The number of carbonyl (C=O) groups is 3. The summed E-state index contributed by atoms with van der Waals surface area (Å²) in [6.45, 7) is 4.62. The highest BCUT2D eigenvalue weighted by Gasteiger charge is 2.72. The van der Waals surface area contributed by atoms with Crippen LogP contribution in [0.5, 0.6) is 5.75 Å². The summed E-state index contributed by atoms with van der Waals surface area (Å²) < 4.78 is 11.9. The average Bonchev–Trinajstić information content (AvgIpc) is 3.63. The van der Waals surface area contributed by atoms with Gasteiger partial charge in [0.1, 0.15) is 17.4 Å². The first-order valence-corrected chi connectivity index (χ1v) is 16.0. The van der Waals surface area contributed by atoms with Crippen LogP contribution in [0.3, 0.4) is 0 Å². The van der Waals surface area contributed by atoms with E-state index < -0.39 is 29.6 Å². The number of nitrogens with one attached hydrogen (secondary N) is 2. The van der Waals surface area contributed by atoms with Crippen molar-refractivity contribution in [2.45, 2.75) is 68.3 Å². The fourth-order valence-corrected chi connectivity index (χ4v) is 7.84. The van der Waals surface area contributed by atoms with Gasteiger partial charge in [-0.05, 0) is 60.4 Å². The number of amides is 3. The number of fused-ring (bicyclic) bond motifs is 1. The molecule has 4 aliphatic rings. The molecule has 0 aromatic heterocycles. The lowest BCUT2D eigenvalue weighted by molar-refractivity contribution is -0.142. The fraction of sp³-hybridized carbons (Fsp3) is 0.485. The molecule has 3 amide bonds. The molecule has 3 fully saturated rings. The Morgan fingerprint density at radius 3 is 2.71 bits per heavy atom. The van der Waals surface area contributed by atoms with Gasteiger partial charge in [0.25, 0.3) is 0 Å². The normalized spacial score (nSPS) is 33.0. The number of hydrogen-bond acceptors (Lipinski definition) is 6. The van der Waals surface area contributed by atoms with Crippen LogP contribution in [-0.4, -0.2) is 59.8 Å². The quantitative estimate of drug-likeness (QED) is 0.344. The molecule has 2 aromatic carbocycles. The first-order chi connectivity index (χ1) is 20.3. The van der Waals surface area contributed by atoms with Crippen molar-refractivity contribution in [2.75, 3.05) is 18.7 Å². The minimum atomic E-state index is -1.21. The molecule has 1 aliphatic carbocycles. The zero-order chi connectivity index (χ0) is 29.6. The number of rotatable bonds is 8. The molecule has 222 valence electrons. The van der Waals surface area contributed by atoms with Gasteiger partial charge >= 0.3 is 0 Å². The van der Waals surface area contributed by atoms with Crippen molar-refractivity contribution in [3.05, 3.63) is 66.2 Å². The minimum Gasteiger partial charge on any atom is -0.497 e. The van der Waals surface area contributed by atoms with E-state index in [1.807, 2.05) is 66.9 Å². The Morgan fingerprint density at radius 1 is 1.12 bits per heavy atom. The monoisotopic (exact) mass is 589 g/mol. The Balaban J connectivity index is 1.33. The van der Waals surface area contributed by atoms with E-state index in [0.717, 1.165) is 29.7 Å². The van der Waals surface area contributed by atoms with Crippen molar-refractivity contribution < 1.29 is 23.9 Å². The summed E-state index contributed by atoms with van der Waals surface area (Å²) >= 11 is 1.59. The van der Waals surface area contributed by atoms with Crippen LogP contribution in [0.2, 0.25) is 0 Å². The molecule has 2 saturated heterocycles. The molecule has 8 nitrogen and oxygen atoms in total. The van der Waals surface area contributed by atoms with Gasteiger partial charge in [-0.15, -0.1) is 11.8 Å². The van der Waals surface area contributed by atoms with E-state index in [2.05, 4.69) is 24.5 Å². The lowest BCUT2D eigenvalue weighted by atomic mass is 9.73. The van der Waals surface area contributed by atoms with E-state index in [-0.39, 0.29) is 30.3 Å². The summed E-state index contributed by atoms with van der Waals surface area (Å²) in [6, 6.07) is 14.3. The second-order valence-electron chi connectivity index (χ2n) is 12.1. The Hall–Kier alpha value is -3.30. The maximum absolute atomic E-state index is 14.3. The molecule has 3 heterocycles. The Bertz CT molecular complexity index is 1410. The number of carbonyl (C=O) groups excluding carboxylic acids is 3. The van der Waals surface area contributed by atoms with Gasteiger partial charge in [0.15, 0.2) is 0 Å². The second kappa shape index (κ2) is 11.4. The van der Waals surface area contributed by atoms with Gasteiger partial charge in [0.2, 0.25) is 17.7 Å². The first-order valence-electron chi connectivity index (χ1n) is 14.8. The Labute approximate surface area is 251 Å². The molecule has 2 aromatic rings. The van der Waals surface area contributed by atoms with Crippen molar-refractivity contribution in [3.63, 3.8) is 0 Å². The van der Waals surface area contributed by atoms with E-state index >= 15 is 0 Å². The summed E-state index contributed by atoms with van der Waals surface area (Å²) in [4.78, 5) is 45.0. The second-order valence-corrected chi connectivity index (χ2v) is 13.0. The number of nitrogens with zero attached hydrogens (tertiary/aromatic N) is 1. The van der Waals surface area contributed by atoms with Crippen LogP contribution >= 0.6 is 11.8 Å². The van der Waals surface area contributed by atoms with Crippen molar-refractivity contribution in [2.24, 2.45) is 23.7 Å². The van der Waals surface area contributed by atoms with Crippen molar-refractivity contribution in [1.29, 1.82) is 0 Å². The molecule has 9 heteroatoms. The van der Waals surface area contributed by atoms with E-state index in [0.29, 0.717) is 23.3 Å². The van der Waals surface area contributed by atoms with Gasteiger partial charge < -0.3 is 25.0 Å². The van der Waals surface area contributed by atoms with Gasteiger partial charge in [-0.2, -0.15) is 0 Å². The van der Waals surface area contributed by atoms with Crippen LogP contribution in [0, 0.1) is 23.7 Å². The van der Waals surface area contributed by atoms with Crippen LogP contribution in [0.25, 0.3) is 0 Å². The highest BCUT2D eigenvalue weighted by atomic mass is 32.2. The number of hydrogen-bond donors (Lipinski definition) is 2. The van der Waals surface area contributed by atoms with Crippen molar-refractivity contribution in [1.82, 2.24) is 10.2 Å². The third-order valence-corrected chi connectivity index (χ3v) is 10.5. The zero-order valence-corrected chi connectivity index (χ0v) is 25.4. The minimum absolute atomic E-state index is 0.0239. The standard InChI is InChI=1S/C33H39N3O5S/c1-19-8-5-13-25(20(19)2)35-31(38)29-33-15-14-26(41-33)27(30(37)34-22-10-7-12-24(17-22)42-4)28(33)32(39)36(29)18-21-9-6-11-23(16-21)40-3/h6-7,9-12,14-17,19-20,25-29H,5,8,13,18H2,1-4H3,(H,34,37)(H,35,38)/t19-,20+,25-,26+,27-,28+,29+,33+/m1/s1. The van der Waals surface area contributed by atoms with Crippen LogP contribution < -0.4 is 15.4 Å². The van der Waals surface area contributed by atoms with Gasteiger partial charge in [-0.1, -0.05) is 57.0 Å². The number of methoxy groups -OCH3 is 1. The molecule has 3 aliphatic heterocycles. The van der Waals surface area contributed by atoms with Crippen LogP contribution in [-0.2, 0) is 25.7 Å². The molecular weight excluding hydrogens is 550 g/mol. The fourth-order valence-electron chi connectivity index (χ4n) is 7.38.